The molecule has 0 saturated carbocycles. The molecule has 0 bridgehead atoms. The normalized spacial score (nSPS) is 12.0. The topological polar surface area (TPSA) is 201 Å². The standard InChI is InChI=1S/2C18H16N.2C17H14N.4C11H20O2.4Ir/c1-12-4-7-16(14(3)10-12)18-9-6-15-11-13(2)5-8-17(15)19-18;1-12-7-9-17-15(11-12)8-10-18(19-17)16-6-4-5-13(2)14(16)3;1-12-3-6-14(7-4-12)16-10-8-15-11-13(2)5-9-17(15)18-16;1-12-4-3-5-14(10-12)17-9-7-15-11-13(2)6-8-16(15)18-17;4*1-10(2,3)8(12)7-9(13)11(4,5)6;;;;/h4-6,8-11H,1-3H3;4-5,7-11H,1-3H3;3-6,8-11H,1-2H3;3-9,11H,1-2H3;4*7,12H,1-6H3;;;;/q4*-1;;;;;;;;. The van der Waals surface area contributed by atoms with Gasteiger partial charge in [0, 0.05) is 148 Å². The number of pyridine rings is 4. The van der Waals surface area contributed by atoms with Gasteiger partial charge in [-0.2, -0.15) is 0 Å². The van der Waals surface area contributed by atoms with Crippen LogP contribution in [0, 0.1) is 137 Å². The maximum absolute atomic E-state index is 11.5. The molecule has 12 rings (SSSR count). The van der Waals surface area contributed by atoms with Crippen molar-refractivity contribution in [2.45, 2.75) is 235 Å². The average molecular weight is 2460 g/mol. The first-order valence-electron chi connectivity index (χ1n) is 43.2. The van der Waals surface area contributed by atoms with Gasteiger partial charge in [0.1, 0.15) is 23.0 Å². The van der Waals surface area contributed by atoms with Gasteiger partial charge in [-0.3, -0.25) is 39.1 Å². The molecule has 0 amide bonds. The summed E-state index contributed by atoms with van der Waals surface area (Å²) in [7, 11) is 0. The fourth-order valence-corrected chi connectivity index (χ4v) is 11.2. The Labute approximate surface area is 832 Å². The zero-order valence-electron chi connectivity index (χ0n) is 83.2. The summed E-state index contributed by atoms with van der Waals surface area (Å²) in [5.74, 6) is 0.416. The van der Waals surface area contributed by atoms with Crippen molar-refractivity contribution in [1.29, 1.82) is 0 Å². The summed E-state index contributed by atoms with van der Waals surface area (Å²) < 4.78 is 0. The number of carbonyl (C=O) groups is 4. The van der Waals surface area contributed by atoms with Gasteiger partial charge in [-0.05, 0) is 121 Å². The van der Waals surface area contributed by atoms with E-state index < -0.39 is 21.7 Å². The number of fused-ring (bicyclic) bond motifs is 4. The quantitative estimate of drug-likeness (QED) is 0.0638. The number of hydrogen-bond acceptors (Lipinski definition) is 12. The maximum Gasteiger partial charge on any atom is 0.164 e. The summed E-state index contributed by atoms with van der Waals surface area (Å²) in [5, 5.41) is 43.0. The van der Waals surface area contributed by atoms with Gasteiger partial charge >= 0.3 is 0 Å². The number of aliphatic hydroxyl groups excluding tert-OH is 4. The molecule has 12 aromatic rings. The molecule has 0 spiro atoms. The number of aliphatic hydroxyl groups is 4. The second kappa shape index (κ2) is 50.6. The second-order valence-corrected chi connectivity index (χ2v) is 41.1. The predicted molar refractivity (Wildman–Crippen MR) is 530 cm³/mol. The molecule has 8 aromatic carbocycles. The third-order valence-electron chi connectivity index (χ3n) is 20.3. The van der Waals surface area contributed by atoms with E-state index in [0.29, 0.717) is 0 Å². The Morgan fingerprint density at radius 1 is 0.277 bits per heavy atom. The van der Waals surface area contributed by atoms with Gasteiger partial charge in [-0.15, -0.1) is 141 Å². The molecule has 0 unspecified atom stereocenters. The first kappa shape index (κ1) is 119. The second-order valence-electron chi connectivity index (χ2n) is 41.1. The number of ketones is 4. The Bertz CT molecular complexity index is 5730. The molecule has 0 aliphatic carbocycles. The minimum absolute atomic E-state index is 0. The zero-order chi connectivity index (χ0) is 95.3. The molecule has 16 heteroatoms. The first-order valence-corrected chi connectivity index (χ1v) is 43.2. The fraction of sp³-hybridized carbons (Fsp3) is 0.368. The molecular formula is C114H140Ir4N4O8-4. The smallest absolute Gasteiger partial charge is 0.164 e. The number of carbonyl (C=O) groups excluding carboxylic acids is 4. The Morgan fingerprint density at radius 3 is 0.862 bits per heavy atom. The number of aromatic nitrogens is 4. The van der Waals surface area contributed by atoms with Crippen molar-refractivity contribution < 1.29 is 120 Å². The van der Waals surface area contributed by atoms with E-state index in [4.69, 9.17) is 15.0 Å². The fourth-order valence-electron chi connectivity index (χ4n) is 11.2. The van der Waals surface area contributed by atoms with Crippen molar-refractivity contribution in [3.8, 4) is 45.0 Å². The third kappa shape index (κ3) is 38.9. The molecule has 4 heterocycles. The van der Waals surface area contributed by atoms with E-state index in [9.17, 15) is 39.6 Å². The van der Waals surface area contributed by atoms with Crippen molar-refractivity contribution in [3.63, 3.8) is 0 Å². The van der Waals surface area contributed by atoms with Crippen LogP contribution in [0.4, 0.5) is 0 Å². The number of allylic oxidation sites excluding steroid dienone is 8. The summed E-state index contributed by atoms with van der Waals surface area (Å²) in [6, 6.07) is 76.0. The summed E-state index contributed by atoms with van der Waals surface area (Å²) in [6.45, 7) is 65.4. The summed E-state index contributed by atoms with van der Waals surface area (Å²) in [6.07, 6.45) is 5.33. The molecule has 4 N–H and O–H groups in total. The Balaban J connectivity index is 0.000000745. The van der Waals surface area contributed by atoms with Crippen LogP contribution in [0.2, 0.25) is 0 Å². The molecule has 0 aliphatic rings. The summed E-state index contributed by atoms with van der Waals surface area (Å²) >= 11 is 0. The van der Waals surface area contributed by atoms with Gasteiger partial charge in [0.2, 0.25) is 0 Å². The number of rotatable bonds is 8. The number of aryl methyl sites for hydroxylation is 9. The SMILES string of the molecule is CC(C)(C)C(=O)C=C(O)C(C)(C)C.CC(C)(C)C(=O)C=C(O)C(C)(C)C.CC(C)(C)C(=O)C=C(O)C(C)(C)C.CC(C)(C)C(=O)C=C(O)C(C)(C)C.Cc1[c-]c(-c2ccc3cc(C)ccc3n2)ccc1.Cc1c[c-]c(-c2ccc3cc(C)ccc3n2)c(C)c1.Cc1c[c-]c(-c2ccc3cc(C)ccc3n2)cc1.Cc1ccc2nc(-c3[c-]ccc(C)c3C)ccc2c1.[Ir].[Ir].[Ir].[Ir]. The number of nitrogens with zero attached hydrogens (tertiary/aromatic N) is 4. The summed E-state index contributed by atoms with van der Waals surface area (Å²) in [4.78, 5) is 64.8. The molecule has 4 radical (unpaired) electrons. The van der Waals surface area contributed by atoms with Gasteiger partial charge in [-0.25, -0.2) is 0 Å². The van der Waals surface area contributed by atoms with E-state index in [0.717, 1.165) is 72.7 Å². The van der Waals surface area contributed by atoms with Crippen LogP contribution in [0.3, 0.4) is 0 Å². The van der Waals surface area contributed by atoms with E-state index in [1.807, 2.05) is 203 Å². The van der Waals surface area contributed by atoms with Gasteiger partial charge < -0.3 is 20.4 Å². The largest absolute Gasteiger partial charge is 0.512 e. The van der Waals surface area contributed by atoms with Crippen molar-refractivity contribution in [3.05, 3.63) is 309 Å². The zero-order valence-corrected chi connectivity index (χ0v) is 92.8. The van der Waals surface area contributed by atoms with Gasteiger partial charge in [0.25, 0.3) is 0 Å². The minimum atomic E-state index is -0.417. The molecule has 0 atom stereocenters. The molecular weight excluding hydrogens is 2320 g/mol. The van der Waals surface area contributed by atoms with E-state index >= 15 is 0 Å². The molecule has 0 fully saturated rings. The van der Waals surface area contributed by atoms with Crippen LogP contribution in [-0.2, 0) is 99.6 Å². The molecule has 4 aromatic heterocycles. The van der Waals surface area contributed by atoms with Crippen LogP contribution in [0.25, 0.3) is 88.6 Å². The van der Waals surface area contributed by atoms with Crippen LogP contribution in [0.1, 0.15) is 222 Å². The Morgan fingerprint density at radius 2 is 0.569 bits per heavy atom. The van der Waals surface area contributed by atoms with Crippen LogP contribution < -0.4 is 0 Å². The molecule has 0 saturated heterocycles. The molecule has 704 valence electrons. The maximum atomic E-state index is 11.5. The molecule has 0 aliphatic heterocycles. The van der Waals surface area contributed by atoms with Gasteiger partial charge in [-0.1, -0.05) is 303 Å². The molecule has 12 nitrogen and oxygen atoms in total. The van der Waals surface area contributed by atoms with Crippen molar-refractivity contribution in [1.82, 2.24) is 19.9 Å². The Kier molecular flexibility index (Phi) is 46.3. The minimum Gasteiger partial charge on any atom is -0.512 e. The first-order chi connectivity index (χ1) is 57.9. The number of benzene rings is 8. The predicted octanol–water partition coefficient (Wildman–Crippen LogP) is 30.2. The number of hydrogen-bond donors (Lipinski definition) is 4. The van der Waals surface area contributed by atoms with Crippen molar-refractivity contribution >= 4 is 66.7 Å². The monoisotopic (exact) mass is 2460 g/mol. The van der Waals surface area contributed by atoms with Gasteiger partial charge in [0.05, 0.1) is 22.1 Å². The van der Waals surface area contributed by atoms with Crippen molar-refractivity contribution in [2.75, 3.05) is 0 Å². The summed E-state index contributed by atoms with van der Waals surface area (Å²) in [5.41, 5.74) is 21.7. The molecule has 130 heavy (non-hydrogen) atoms. The average Bonchev–Trinajstić information content (AvgIpc) is 0.783. The van der Waals surface area contributed by atoms with E-state index in [-0.39, 0.29) is 148 Å². The van der Waals surface area contributed by atoms with Crippen molar-refractivity contribution in [2.24, 2.45) is 43.3 Å². The van der Waals surface area contributed by atoms with Crippen LogP contribution in [-0.4, -0.2) is 63.5 Å². The van der Waals surface area contributed by atoms with Gasteiger partial charge in [0.15, 0.2) is 23.1 Å². The van der Waals surface area contributed by atoms with E-state index in [1.165, 1.54) is 95.9 Å². The van der Waals surface area contributed by atoms with E-state index in [1.54, 1.807) is 0 Å². The van der Waals surface area contributed by atoms with Crippen LogP contribution >= 0.6 is 0 Å². The third-order valence-corrected chi connectivity index (χ3v) is 20.3. The van der Waals surface area contributed by atoms with Crippen LogP contribution in [0.15, 0.2) is 229 Å². The Hall–Kier alpha value is -9.16. The van der Waals surface area contributed by atoms with E-state index in [2.05, 4.69) is 243 Å². The van der Waals surface area contributed by atoms with Crippen LogP contribution in [0.5, 0.6) is 0 Å².